The average molecular weight is 531 g/mol. The van der Waals surface area contributed by atoms with E-state index in [9.17, 15) is 18.1 Å². The monoisotopic (exact) mass is 530 g/mol. The van der Waals surface area contributed by atoms with E-state index in [2.05, 4.69) is 31.2 Å². The van der Waals surface area contributed by atoms with Gasteiger partial charge >= 0.3 is 0 Å². The smallest absolute Gasteiger partial charge is 0.266 e. The largest absolute Gasteiger partial charge is 0.455 e. The highest BCUT2D eigenvalue weighted by Gasteiger charge is 2.25. The normalized spacial score (nSPS) is 11.6. The van der Waals surface area contributed by atoms with Crippen molar-refractivity contribution in [3.8, 4) is 28.7 Å². The summed E-state index contributed by atoms with van der Waals surface area (Å²) in [6, 6.07) is 10.9. The van der Waals surface area contributed by atoms with E-state index in [0.717, 1.165) is 29.0 Å². The van der Waals surface area contributed by atoms with Crippen LogP contribution in [0.15, 0.2) is 59.2 Å². The van der Waals surface area contributed by atoms with Crippen molar-refractivity contribution in [1.29, 1.82) is 5.26 Å². The van der Waals surface area contributed by atoms with Crippen LogP contribution in [0.3, 0.4) is 0 Å². The minimum absolute atomic E-state index is 0.0168. The molecule has 0 amide bonds. The molecule has 0 aliphatic heterocycles. The third kappa shape index (κ3) is 5.22. The lowest BCUT2D eigenvalue weighted by atomic mass is 9.85. The second-order valence-electron chi connectivity index (χ2n) is 7.74. The Morgan fingerprint density at radius 1 is 1.14 bits per heavy atom. The van der Waals surface area contributed by atoms with Gasteiger partial charge in [-0.15, -0.1) is 10.2 Å². The molecule has 0 spiro atoms. The van der Waals surface area contributed by atoms with E-state index in [1.54, 1.807) is 38.1 Å². The van der Waals surface area contributed by atoms with E-state index in [1.807, 2.05) is 0 Å². The standard InChI is InChI=1S/C22H16ClFN6O3S2/c1-22(2,11-25)14-3-4-18(15(7-14)13-5-6-26-27-10-13)33-19-9-17(24)20(8-16(19)23)35(31,32)30-21-29-28-12-34-21/h3-10,12H,1-2H3,(H,29,30). The van der Waals surface area contributed by atoms with Gasteiger partial charge in [0.2, 0.25) is 5.13 Å². The fourth-order valence-electron chi connectivity index (χ4n) is 3.05. The molecule has 0 atom stereocenters. The van der Waals surface area contributed by atoms with Crippen molar-refractivity contribution in [2.24, 2.45) is 0 Å². The fraction of sp³-hybridized carbons (Fsp3) is 0.136. The van der Waals surface area contributed by atoms with Crippen LogP contribution in [0.4, 0.5) is 9.52 Å². The van der Waals surface area contributed by atoms with Gasteiger partial charge in [0.1, 0.15) is 27.7 Å². The fourth-order valence-corrected chi connectivity index (χ4v) is 5.09. The summed E-state index contributed by atoms with van der Waals surface area (Å²) < 4.78 is 48.1. The zero-order valence-corrected chi connectivity index (χ0v) is 20.6. The Hall–Kier alpha value is -3.66. The molecule has 2 aromatic carbocycles. The molecular formula is C22H16ClFN6O3S2. The third-order valence-electron chi connectivity index (χ3n) is 4.95. The number of rotatable bonds is 7. The quantitative estimate of drug-likeness (QED) is 0.345. The van der Waals surface area contributed by atoms with Crippen LogP contribution in [0.5, 0.6) is 11.5 Å². The van der Waals surface area contributed by atoms with Crippen LogP contribution in [0.25, 0.3) is 11.1 Å². The maximum atomic E-state index is 14.9. The maximum absolute atomic E-state index is 14.9. The molecule has 9 nitrogen and oxygen atoms in total. The lowest BCUT2D eigenvalue weighted by Gasteiger charge is -2.19. The van der Waals surface area contributed by atoms with Crippen molar-refractivity contribution in [3.63, 3.8) is 0 Å². The lowest BCUT2D eigenvalue weighted by Crippen LogP contribution is -2.15. The van der Waals surface area contributed by atoms with Crippen LogP contribution in [0, 0.1) is 17.1 Å². The summed E-state index contributed by atoms with van der Waals surface area (Å²) in [4.78, 5) is -0.672. The number of nitrogens with zero attached hydrogens (tertiary/aromatic N) is 5. The van der Waals surface area contributed by atoms with Crippen LogP contribution in [-0.2, 0) is 15.4 Å². The highest BCUT2D eigenvalue weighted by molar-refractivity contribution is 7.93. The lowest BCUT2D eigenvalue weighted by molar-refractivity contribution is 0.475. The van der Waals surface area contributed by atoms with E-state index in [-0.39, 0.29) is 15.9 Å². The molecule has 0 radical (unpaired) electrons. The van der Waals surface area contributed by atoms with Crippen molar-refractivity contribution in [2.45, 2.75) is 24.2 Å². The third-order valence-corrected chi connectivity index (χ3v) is 7.34. The van der Waals surface area contributed by atoms with Gasteiger partial charge in [0, 0.05) is 17.2 Å². The molecule has 0 saturated heterocycles. The summed E-state index contributed by atoms with van der Waals surface area (Å²) in [5.74, 6) is -0.884. The first-order valence-corrected chi connectivity index (χ1v) is 12.6. The molecule has 35 heavy (non-hydrogen) atoms. The molecule has 0 saturated carbocycles. The topological polar surface area (TPSA) is 131 Å². The highest BCUT2D eigenvalue weighted by atomic mass is 35.5. The van der Waals surface area contributed by atoms with E-state index >= 15 is 0 Å². The Morgan fingerprint density at radius 3 is 2.60 bits per heavy atom. The van der Waals surface area contributed by atoms with Crippen molar-refractivity contribution < 1.29 is 17.5 Å². The number of nitriles is 1. The number of halogens is 2. The van der Waals surface area contributed by atoms with Crippen molar-refractivity contribution in [1.82, 2.24) is 20.4 Å². The molecule has 4 rings (SSSR count). The van der Waals surface area contributed by atoms with E-state index in [0.29, 0.717) is 16.9 Å². The Kier molecular flexibility index (Phi) is 6.66. The molecule has 4 aromatic rings. The van der Waals surface area contributed by atoms with Crippen LogP contribution >= 0.6 is 22.9 Å². The minimum Gasteiger partial charge on any atom is -0.455 e. The highest BCUT2D eigenvalue weighted by Crippen LogP contribution is 2.40. The Labute approximate surface area is 209 Å². The molecule has 178 valence electrons. The Bertz CT molecular complexity index is 1530. The maximum Gasteiger partial charge on any atom is 0.266 e. The molecule has 2 heterocycles. The van der Waals surface area contributed by atoms with Gasteiger partial charge in [0.15, 0.2) is 0 Å². The Balaban J connectivity index is 1.74. The van der Waals surface area contributed by atoms with Gasteiger partial charge < -0.3 is 4.74 Å². The number of sulfonamides is 1. The van der Waals surface area contributed by atoms with Crippen molar-refractivity contribution in [3.05, 3.63) is 70.7 Å². The van der Waals surface area contributed by atoms with Crippen LogP contribution in [-0.4, -0.2) is 28.8 Å². The van der Waals surface area contributed by atoms with Crippen LogP contribution in [0.2, 0.25) is 5.02 Å². The molecule has 0 unspecified atom stereocenters. The molecule has 2 aromatic heterocycles. The first-order valence-electron chi connectivity index (χ1n) is 9.89. The van der Waals surface area contributed by atoms with Crippen LogP contribution in [0.1, 0.15) is 19.4 Å². The molecule has 13 heteroatoms. The van der Waals surface area contributed by atoms with Crippen LogP contribution < -0.4 is 9.46 Å². The second kappa shape index (κ2) is 9.53. The summed E-state index contributed by atoms with van der Waals surface area (Å²) in [5, 5.41) is 24.2. The van der Waals surface area contributed by atoms with Gasteiger partial charge in [-0.25, -0.2) is 12.8 Å². The minimum atomic E-state index is -4.31. The molecule has 0 bridgehead atoms. The summed E-state index contributed by atoms with van der Waals surface area (Å²) in [6.45, 7) is 3.55. The molecular weight excluding hydrogens is 515 g/mol. The van der Waals surface area contributed by atoms with Gasteiger partial charge in [-0.3, -0.25) is 4.72 Å². The molecule has 0 aliphatic carbocycles. The number of hydrogen-bond donors (Lipinski definition) is 1. The van der Waals surface area contributed by atoms with Gasteiger partial charge in [0.25, 0.3) is 10.0 Å². The number of ether oxygens (including phenoxy) is 1. The zero-order chi connectivity index (χ0) is 25.2. The Morgan fingerprint density at radius 2 is 1.94 bits per heavy atom. The number of benzene rings is 2. The average Bonchev–Trinajstić information content (AvgIpc) is 3.34. The predicted molar refractivity (Wildman–Crippen MR) is 128 cm³/mol. The van der Waals surface area contributed by atoms with Gasteiger partial charge in [-0.1, -0.05) is 29.0 Å². The number of hydrogen-bond acceptors (Lipinski definition) is 9. The SMILES string of the molecule is CC(C)(C#N)c1ccc(Oc2cc(F)c(S(=O)(=O)Nc3nncs3)cc2Cl)c(-c2ccnnc2)c1. The van der Waals surface area contributed by atoms with Crippen molar-refractivity contribution >= 4 is 38.1 Å². The van der Waals surface area contributed by atoms with Gasteiger partial charge in [0.05, 0.1) is 28.9 Å². The van der Waals surface area contributed by atoms with E-state index < -0.39 is 26.2 Å². The summed E-state index contributed by atoms with van der Waals surface area (Å²) in [6.07, 6.45) is 3.01. The summed E-state index contributed by atoms with van der Waals surface area (Å²) in [7, 11) is -4.31. The molecule has 0 aliphatic rings. The first kappa shape index (κ1) is 24.5. The number of anilines is 1. The predicted octanol–water partition coefficient (Wildman–Crippen LogP) is 5.18. The first-order chi connectivity index (χ1) is 16.6. The van der Waals surface area contributed by atoms with Crippen molar-refractivity contribution in [2.75, 3.05) is 4.72 Å². The number of nitrogens with one attached hydrogen (secondary N) is 1. The van der Waals surface area contributed by atoms with E-state index in [4.69, 9.17) is 16.3 Å². The second-order valence-corrected chi connectivity index (χ2v) is 10.6. The van der Waals surface area contributed by atoms with E-state index in [1.165, 1.54) is 17.9 Å². The van der Waals surface area contributed by atoms with Gasteiger partial charge in [-0.2, -0.15) is 15.5 Å². The van der Waals surface area contributed by atoms with Gasteiger partial charge in [-0.05, 0) is 43.7 Å². The zero-order valence-electron chi connectivity index (χ0n) is 18.2. The summed E-state index contributed by atoms with van der Waals surface area (Å²) in [5.41, 5.74) is 2.47. The summed E-state index contributed by atoms with van der Waals surface area (Å²) >= 11 is 7.23. The molecule has 1 N–H and O–H groups in total. The number of aromatic nitrogens is 4. The molecule has 0 fully saturated rings.